The van der Waals surface area contributed by atoms with E-state index in [1.54, 1.807) is 0 Å². The Hall–Kier alpha value is -1.61. The Balaban J connectivity index is 2.14. The van der Waals surface area contributed by atoms with Crippen LogP contribution in [-0.4, -0.2) is 16.7 Å². The van der Waals surface area contributed by atoms with Gasteiger partial charge >= 0.3 is 0 Å². The zero-order valence-electron chi connectivity index (χ0n) is 12.8. The lowest BCUT2D eigenvalue weighted by Crippen LogP contribution is -2.40. The SMILES string of the molecule is CC(CNC(C)(C)C)Cn1ccc2ccccc2c1=O. The van der Waals surface area contributed by atoms with Crippen LogP contribution in [0.1, 0.15) is 27.7 Å². The van der Waals surface area contributed by atoms with Crippen molar-refractivity contribution in [3.8, 4) is 0 Å². The summed E-state index contributed by atoms with van der Waals surface area (Å²) < 4.78 is 1.82. The van der Waals surface area contributed by atoms with Gasteiger partial charge in [0.05, 0.1) is 0 Å². The predicted molar refractivity (Wildman–Crippen MR) is 85.1 cm³/mol. The first-order valence-electron chi connectivity index (χ1n) is 7.20. The minimum atomic E-state index is 0.103. The molecule has 0 saturated heterocycles. The highest BCUT2D eigenvalue weighted by atomic mass is 16.1. The van der Waals surface area contributed by atoms with Crippen LogP contribution in [0.4, 0.5) is 0 Å². The molecule has 3 nitrogen and oxygen atoms in total. The van der Waals surface area contributed by atoms with E-state index in [9.17, 15) is 4.79 Å². The molecule has 2 aromatic rings. The number of aromatic nitrogens is 1. The Labute approximate surface area is 120 Å². The fourth-order valence-corrected chi connectivity index (χ4v) is 2.25. The molecule has 108 valence electrons. The molecule has 0 aliphatic heterocycles. The first-order valence-corrected chi connectivity index (χ1v) is 7.20. The number of fused-ring (bicyclic) bond motifs is 1. The van der Waals surface area contributed by atoms with Gasteiger partial charge in [0.25, 0.3) is 5.56 Å². The molecule has 3 heteroatoms. The molecule has 1 N–H and O–H groups in total. The molecular formula is C17H24N2O. The van der Waals surface area contributed by atoms with E-state index < -0.39 is 0 Å². The average molecular weight is 272 g/mol. The second kappa shape index (κ2) is 5.80. The molecule has 1 unspecified atom stereocenters. The lowest BCUT2D eigenvalue weighted by molar-refractivity contribution is 0.358. The molecule has 20 heavy (non-hydrogen) atoms. The highest BCUT2D eigenvalue weighted by Crippen LogP contribution is 2.09. The molecule has 0 aliphatic carbocycles. The summed E-state index contributed by atoms with van der Waals surface area (Å²) in [6.07, 6.45) is 1.90. The maximum atomic E-state index is 12.4. The summed E-state index contributed by atoms with van der Waals surface area (Å²) in [5.74, 6) is 0.410. The van der Waals surface area contributed by atoms with Crippen molar-refractivity contribution in [1.29, 1.82) is 0 Å². The van der Waals surface area contributed by atoms with Gasteiger partial charge in [-0.15, -0.1) is 0 Å². The number of hydrogen-bond donors (Lipinski definition) is 1. The van der Waals surface area contributed by atoms with Crippen LogP contribution < -0.4 is 10.9 Å². The maximum Gasteiger partial charge on any atom is 0.258 e. The summed E-state index contributed by atoms with van der Waals surface area (Å²) in [5, 5.41) is 5.29. The van der Waals surface area contributed by atoms with E-state index in [2.05, 4.69) is 33.0 Å². The molecule has 0 saturated carbocycles. The molecule has 1 heterocycles. The zero-order valence-corrected chi connectivity index (χ0v) is 12.8. The summed E-state index contributed by atoms with van der Waals surface area (Å²) in [5.41, 5.74) is 0.216. The van der Waals surface area contributed by atoms with Crippen molar-refractivity contribution in [3.05, 3.63) is 46.9 Å². The number of benzene rings is 1. The van der Waals surface area contributed by atoms with Crippen LogP contribution in [0.15, 0.2) is 41.3 Å². The minimum Gasteiger partial charge on any atom is -0.315 e. The lowest BCUT2D eigenvalue weighted by Gasteiger charge is -2.23. The van der Waals surface area contributed by atoms with Crippen LogP contribution in [-0.2, 0) is 6.54 Å². The third kappa shape index (κ3) is 3.70. The van der Waals surface area contributed by atoms with E-state index in [0.717, 1.165) is 23.9 Å². The quantitative estimate of drug-likeness (QED) is 0.928. The van der Waals surface area contributed by atoms with Crippen molar-refractivity contribution in [3.63, 3.8) is 0 Å². The van der Waals surface area contributed by atoms with Gasteiger partial charge in [0.15, 0.2) is 0 Å². The number of nitrogens with zero attached hydrogens (tertiary/aromatic N) is 1. The fourth-order valence-electron chi connectivity index (χ4n) is 2.25. The van der Waals surface area contributed by atoms with E-state index in [-0.39, 0.29) is 11.1 Å². The summed E-state index contributed by atoms with van der Waals surface area (Å²) in [4.78, 5) is 12.4. The molecule has 0 spiro atoms. The van der Waals surface area contributed by atoms with Crippen molar-refractivity contribution in [1.82, 2.24) is 9.88 Å². The summed E-state index contributed by atoms with van der Waals surface area (Å²) in [6, 6.07) is 9.76. The highest BCUT2D eigenvalue weighted by molar-refractivity contribution is 5.81. The molecule has 0 amide bonds. The zero-order chi connectivity index (χ0) is 14.8. The van der Waals surface area contributed by atoms with Crippen LogP contribution >= 0.6 is 0 Å². The van der Waals surface area contributed by atoms with E-state index in [1.165, 1.54) is 0 Å². The Morgan fingerprint density at radius 2 is 1.90 bits per heavy atom. The van der Waals surface area contributed by atoms with Crippen LogP contribution in [0.2, 0.25) is 0 Å². The van der Waals surface area contributed by atoms with Crippen LogP contribution in [0, 0.1) is 5.92 Å². The van der Waals surface area contributed by atoms with Gasteiger partial charge in [0.2, 0.25) is 0 Å². The molecule has 0 fully saturated rings. The third-order valence-corrected chi connectivity index (χ3v) is 3.38. The van der Waals surface area contributed by atoms with Crippen molar-refractivity contribution in [2.75, 3.05) is 6.54 Å². The molecular weight excluding hydrogens is 248 g/mol. The number of nitrogens with one attached hydrogen (secondary N) is 1. The molecule has 0 bridgehead atoms. The Morgan fingerprint density at radius 1 is 1.20 bits per heavy atom. The maximum absolute atomic E-state index is 12.4. The van der Waals surface area contributed by atoms with Crippen molar-refractivity contribution < 1.29 is 0 Å². The van der Waals surface area contributed by atoms with E-state index in [1.807, 2.05) is 41.1 Å². The molecule has 1 atom stereocenters. The number of pyridine rings is 1. The van der Waals surface area contributed by atoms with Gasteiger partial charge in [-0.1, -0.05) is 25.1 Å². The Kier molecular flexibility index (Phi) is 4.29. The molecule has 2 rings (SSSR count). The minimum absolute atomic E-state index is 0.103. The highest BCUT2D eigenvalue weighted by Gasteiger charge is 2.12. The van der Waals surface area contributed by atoms with Gasteiger partial charge in [-0.2, -0.15) is 0 Å². The van der Waals surface area contributed by atoms with E-state index in [0.29, 0.717) is 5.92 Å². The molecule has 1 aromatic heterocycles. The van der Waals surface area contributed by atoms with Crippen LogP contribution in [0.25, 0.3) is 10.8 Å². The van der Waals surface area contributed by atoms with Crippen molar-refractivity contribution in [2.24, 2.45) is 5.92 Å². The molecule has 1 aromatic carbocycles. The van der Waals surface area contributed by atoms with Crippen molar-refractivity contribution in [2.45, 2.75) is 39.8 Å². The number of hydrogen-bond acceptors (Lipinski definition) is 2. The fraction of sp³-hybridized carbons (Fsp3) is 0.471. The van der Waals surface area contributed by atoms with Crippen LogP contribution in [0.3, 0.4) is 0 Å². The summed E-state index contributed by atoms with van der Waals surface area (Å²) in [6.45, 7) is 10.3. The second-order valence-corrected chi connectivity index (χ2v) is 6.60. The van der Waals surface area contributed by atoms with E-state index >= 15 is 0 Å². The summed E-state index contributed by atoms with van der Waals surface area (Å²) in [7, 11) is 0. The monoisotopic (exact) mass is 272 g/mol. The van der Waals surface area contributed by atoms with Crippen molar-refractivity contribution >= 4 is 10.8 Å². The van der Waals surface area contributed by atoms with Crippen LogP contribution in [0.5, 0.6) is 0 Å². The second-order valence-electron chi connectivity index (χ2n) is 6.60. The van der Waals surface area contributed by atoms with Gasteiger partial charge in [-0.25, -0.2) is 0 Å². The Bertz CT molecular complexity index is 637. The van der Waals surface area contributed by atoms with Gasteiger partial charge < -0.3 is 9.88 Å². The first kappa shape index (κ1) is 14.8. The smallest absolute Gasteiger partial charge is 0.258 e. The predicted octanol–water partition coefficient (Wildman–Crippen LogP) is 3.03. The summed E-state index contributed by atoms with van der Waals surface area (Å²) >= 11 is 0. The number of rotatable bonds is 4. The average Bonchev–Trinajstić information content (AvgIpc) is 2.39. The molecule has 0 aliphatic rings. The van der Waals surface area contributed by atoms with Gasteiger partial charge in [0, 0.05) is 23.7 Å². The first-order chi connectivity index (χ1) is 9.37. The Morgan fingerprint density at radius 3 is 2.60 bits per heavy atom. The van der Waals surface area contributed by atoms with Gasteiger partial charge in [0.1, 0.15) is 0 Å². The van der Waals surface area contributed by atoms with Gasteiger partial charge in [-0.3, -0.25) is 4.79 Å². The normalized spacial score (nSPS) is 13.6. The van der Waals surface area contributed by atoms with Gasteiger partial charge in [-0.05, 0) is 50.8 Å². The molecule has 0 radical (unpaired) electrons. The third-order valence-electron chi connectivity index (χ3n) is 3.38. The van der Waals surface area contributed by atoms with E-state index in [4.69, 9.17) is 0 Å². The standard InChI is InChI=1S/C17H24N2O/c1-13(11-18-17(2,3)4)12-19-10-9-14-7-5-6-8-15(14)16(19)20/h5-10,13,18H,11-12H2,1-4H3. The largest absolute Gasteiger partial charge is 0.315 e. The topological polar surface area (TPSA) is 34.0 Å². The lowest BCUT2D eigenvalue weighted by atomic mass is 10.1.